The summed E-state index contributed by atoms with van der Waals surface area (Å²) in [6, 6.07) is 13.9. The van der Waals surface area contributed by atoms with E-state index in [4.69, 9.17) is 14.2 Å². The van der Waals surface area contributed by atoms with Crippen molar-refractivity contribution in [3.8, 4) is 17.2 Å². The smallest absolute Gasteiger partial charge is 0.285 e. The number of para-hydroxylation sites is 1. The van der Waals surface area contributed by atoms with E-state index in [-0.39, 0.29) is 29.4 Å². The first-order valence-corrected chi connectivity index (χ1v) is 12.3. The average molecular weight is 463 g/mol. The second-order valence-corrected chi connectivity index (χ2v) is 10.5. The molecule has 2 atom stereocenters. The van der Waals surface area contributed by atoms with E-state index < -0.39 is 15.7 Å². The van der Waals surface area contributed by atoms with Crippen molar-refractivity contribution in [3.05, 3.63) is 48.5 Å². The van der Waals surface area contributed by atoms with Crippen LogP contribution in [0.4, 0.5) is 5.69 Å². The highest BCUT2D eigenvalue weighted by Crippen LogP contribution is 2.44. The van der Waals surface area contributed by atoms with Crippen LogP contribution >= 0.6 is 11.8 Å². The Labute approximate surface area is 185 Å². The zero-order chi connectivity index (χ0) is 22.0. The molecule has 0 spiro atoms. The number of ether oxygens (including phenoxy) is 3. The van der Waals surface area contributed by atoms with Crippen molar-refractivity contribution >= 4 is 38.4 Å². The lowest BCUT2D eigenvalue weighted by Gasteiger charge is -2.26. The first-order chi connectivity index (χ1) is 14.9. The Hall–Kier alpha value is -2.72. The van der Waals surface area contributed by atoms with Crippen LogP contribution in [0.25, 0.3) is 0 Å². The number of rotatable bonds is 6. The molecule has 2 heterocycles. The average Bonchev–Trinajstić information content (AvgIpc) is 3.23. The number of amidine groups is 1. The second-order valence-electron chi connectivity index (χ2n) is 7.10. The minimum atomic E-state index is -3.17. The van der Waals surface area contributed by atoms with Crippen molar-refractivity contribution in [1.29, 1.82) is 0 Å². The Morgan fingerprint density at radius 2 is 1.87 bits per heavy atom. The zero-order valence-electron chi connectivity index (χ0n) is 17.1. The van der Waals surface area contributed by atoms with Crippen molar-refractivity contribution in [3.63, 3.8) is 0 Å². The lowest BCUT2D eigenvalue weighted by Crippen LogP contribution is -2.38. The third-order valence-electron chi connectivity index (χ3n) is 5.04. The number of hydrogen-bond acceptors (Lipinski definition) is 7. The van der Waals surface area contributed by atoms with E-state index in [9.17, 15) is 13.2 Å². The summed E-state index contributed by atoms with van der Waals surface area (Å²) in [5.41, 5.74) is 0.635. The van der Waals surface area contributed by atoms with Gasteiger partial charge < -0.3 is 19.1 Å². The molecule has 164 valence electrons. The Bertz CT molecular complexity index is 1100. The van der Waals surface area contributed by atoms with E-state index in [2.05, 4.69) is 4.99 Å². The van der Waals surface area contributed by atoms with E-state index in [0.717, 1.165) is 0 Å². The topological polar surface area (TPSA) is 94.5 Å². The first kappa shape index (κ1) is 21.5. The molecule has 0 aromatic heterocycles. The Balaban J connectivity index is 1.63. The monoisotopic (exact) mass is 462 g/mol. The van der Waals surface area contributed by atoms with Gasteiger partial charge in [-0.2, -0.15) is 4.99 Å². The van der Waals surface area contributed by atoms with Crippen molar-refractivity contribution in [1.82, 2.24) is 0 Å². The first-order valence-electron chi connectivity index (χ1n) is 9.58. The van der Waals surface area contributed by atoms with Gasteiger partial charge in [-0.25, -0.2) is 8.42 Å². The van der Waals surface area contributed by atoms with Gasteiger partial charge in [-0.3, -0.25) is 4.79 Å². The summed E-state index contributed by atoms with van der Waals surface area (Å²) in [5.74, 6) is 1.27. The lowest BCUT2D eigenvalue weighted by atomic mass is 10.2. The number of benzene rings is 2. The molecular formula is C21H22N2O6S2. The van der Waals surface area contributed by atoms with Crippen LogP contribution < -0.4 is 19.1 Å². The van der Waals surface area contributed by atoms with Gasteiger partial charge in [0, 0.05) is 11.3 Å². The number of anilines is 1. The molecule has 0 radical (unpaired) electrons. The predicted octanol–water partition coefficient (Wildman–Crippen LogP) is 2.38. The fourth-order valence-corrected chi connectivity index (χ4v) is 7.56. The molecule has 0 aliphatic carbocycles. The molecule has 2 saturated heterocycles. The van der Waals surface area contributed by atoms with Crippen LogP contribution in [0, 0.1) is 0 Å². The van der Waals surface area contributed by atoms with Crippen LogP contribution in [0.5, 0.6) is 17.2 Å². The summed E-state index contributed by atoms with van der Waals surface area (Å²) in [6.07, 6.45) is 0. The van der Waals surface area contributed by atoms with Gasteiger partial charge in [0.05, 0.1) is 37.5 Å². The number of fused-ring (bicyclic) bond motifs is 1. The molecule has 8 nitrogen and oxygen atoms in total. The lowest BCUT2D eigenvalue weighted by molar-refractivity contribution is -0.119. The number of aliphatic imine (C=N–C) groups is 1. The number of carbonyl (C=O) groups excluding carboxylic acids is 1. The number of carbonyl (C=O) groups is 1. The van der Waals surface area contributed by atoms with Crippen LogP contribution in [0.1, 0.15) is 0 Å². The number of methoxy groups -OCH3 is 2. The third-order valence-corrected chi connectivity index (χ3v) is 8.25. The van der Waals surface area contributed by atoms with E-state index in [1.807, 2.05) is 18.2 Å². The van der Waals surface area contributed by atoms with Gasteiger partial charge in [-0.1, -0.05) is 30.0 Å². The van der Waals surface area contributed by atoms with Crippen LogP contribution in [0.15, 0.2) is 53.5 Å². The Kier molecular flexibility index (Phi) is 6.10. The van der Waals surface area contributed by atoms with Gasteiger partial charge in [-0.15, -0.1) is 0 Å². The van der Waals surface area contributed by atoms with Crippen molar-refractivity contribution < 1.29 is 27.4 Å². The number of amides is 1. The molecule has 0 bridgehead atoms. The Morgan fingerprint density at radius 3 is 2.58 bits per heavy atom. The molecule has 0 saturated carbocycles. The largest absolute Gasteiger partial charge is 0.497 e. The molecule has 2 aromatic carbocycles. The van der Waals surface area contributed by atoms with Gasteiger partial charge in [0.15, 0.2) is 21.6 Å². The van der Waals surface area contributed by atoms with Gasteiger partial charge in [-0.05, 0) is 24.3 Å². The van der Waals surface area contributed by atoms with Crippen LogP contribution in [0.3, 0.4) is 0 Å². The van der Waals surface area contributed by atoms with Crippen molar-refractivity contribution in [2.75, 3.05) is 37.2 Å². The quantitative estimate of drug-likeness (QED) is 0.646. The second kappa shape index (κ2) is 8.80. The number of nitrogens with zero attached hydrogens (tertiary/aromatic N) is 2. The fraction of sp³-hybridized carbons (Fsp3) is 0.333. The normalized spacial score (nSPS) is 22.9. The maximum Gasteiger partial charge on any atom is 0.285 e. The van der Waals surface area contributed by atoms with E-state index in [0.29, 0.717) is 28.1 Å². The molecule has 0 unspecified atom stereocenters. The van der Waals surface area contributed by atoms with Crippen LogP contribution in [-0.4, -0.2) is 63.1 Å². The third kappa shape index (κ3) is 4.64. The number of thioether (sulfide) groups is 1. The van der Waals surface area contributed by atoms with Gasteiger partial charge >= 0.3 is 0 Å². The van der Waals surface area contributed by atoms with Crippen molar-refractivity contribution in [2.24, 2.45) is 4.99 Å². The fourth-order valence-electron chi connectivity index (χ4n) is 3.63. The summed E-state index contributed by atoms with van der Waals surface area (Å²) < 4.78 is 40.8. The molecule has 2 aliphatic heterocycles. The SMILES string of the molecule is COc1ccc(N2C(=NC(=O)COc3ccccc3)S[C@H]3CS(=O)(=O)C[C@H]32)c(OC)c1. The highest BCUT2D eigenvalue weighted by Gasteiger charge is 2.50. The zero-order valence-corrected chi connectivity index (χ0v) is 18.7. The summed E-state index contributed by atoms with van der Waals surface area (Å²) in [6.45, 7) is -0.213. The molecule has 1 amide bonds. The summed E-state index contributed by atoms with van der Waals surface area (Å²) in [4.78, 5) is 18.6. The van der Waals surface area contributed by atoms with Gasteiger partial charge in [0.25, 0.3) is 5.91 Å². The minimum absolute atomic E-state index is 0.00637. The van der Waals surface area contributed by atoms with Gasteiger partial charge in [0.2, 0.25) is 0 Å². The number of hydrogen-bond donors (Lipinski definition) is 0. The van der Waals surface area contributed by atoms with Crippen LogP contribution in [0.2, 0.25) is 0 Å². The predicted molar refractivity (Wildman–Crippen MR) is 120 cm³/mol. The molecule has 0 N–H and O–H groups in total. The molecule has 2 fully saturated rings. The highest BCUT2D eigenvalue weighted by atomic mass is 32.2. The molecule has 31 heavy (non-hydrogen) atoms. The summed E-state index contributed by atoms with van der Waals surface area (Å²) >= 11 is 1.30. The minimum Gasteiger partial charge on any atom is -0.497 e. The van der Waals surface area contributed by atoms with E-state index in [1.165, 1.54) is 18.9 Å². The van der Waals surface area contributed by atoms with E-state index >= 15 is 0 Å². The molecule has 2 aromatic rings. The standard InChI is InChI=1S/C21H22N2O6S2/c1-27-15-8-9-16(18(10-15)28-2)23-17-12-31(25,26)13-19(17)30-21(23)22-20(24)11-29-14-6-4-3-5-7-14/h3-10,17,19H,11-13H2,1-2H3/t17-,19+/m1/s1. The Morgan fingerprint density at radius 1 is 1.10 bits per heavy atom. The van der Waals surface area contributed by atoms with E-state index in [1.54, 1.807) is 42.3 Å². The van der Waals surface area contributed by atoms with Gasteiger partial charge in [0.1, 0.15) is 17.2 Å². The molecule has 4 rings (SSSR count). The van der Waals surface area contributed by atoms with Crippen molar-refractivity contribution in [2.45, 2.75) is 11.3 Å². The molecule has 10 heteroatoms. The highest BCUT2D eigenvalue weighted by molar-refractivity contribution is 8.16. The summed E-state index contributed by atoms with van der Waals surface area (Å²) in [7, 11) is -0.0882. The summed E-state index contributed by atoms with van der Waals surface area (Å²) in [5, 5.41) is 0.230. The molecule has 2 aliphatic rings. The number of sulfone groups is 1. The maximum absolute atomic E-state index is 12.5. The maximum atomic E-state index is 12.5. The van der Waals surface area contributed by atoms with Crippen LogP contribution in [-0.2, 0) is 14.6 Å². The molecular weight excluding hydrogens is 440 g/mol.